The number of carbonyl (C=O) groups excluding carboxylic acids is 1. The van der Waals surface area contributed by atoms with Gasteiger partial charge in [-0.1, -0.05) is 0 Å². The van der Waals surface area contributed by atoms with Gasteiger partial charge in [-0.15, -0.1) is 0 Å². The van der Waals surface area contributed by atoms with Crippen LogP contribution >= 0.6 is 0 Å². The van der Waals surface area contributed by atoms with E-state index in [9.17, 15) is 4.79 Å². The lowest BCUT2D eigenvalue weighted by Gasteiger charge is -2.13. The Morgan fingerprint density at radius 3 is 2.87 bits per heavy atom. The molecule has 2 heterocycles. The molecule has 6 heteroatoms. The highest BCUT2D eigenvalue weighted by atomic mass is 16.2. The molecule has 0 radical (unpaired) electrons. The minimum Gasteiger partial charge on any atom is -0.370 e. The van der Waals surface area contributed by atoms with Crippen LogP contribution in [-0.2, 0) is 4.79 Å². The molecule has 1 aliphatic heterocycles. The van der Waals surface area contributed by atoms with E-state index in [0.29, 0.717) is 0 Å². The van der Waals surface area contributed by atoms with Crippen molar-refractivity contribution in [2.45, 2.75) is 25.9 Å². The Labute approximate surface area is 87.2 Å². The first kappa shape index (κ1) is 9.70. The largest absolute Gasteiger partial charge is 0.370 e. The molecular weight excluding hydrogens is 194 g/mol. The quantitative estimate of drug-likeness (QED) is 0.713. The summed E-state index contributed by atoms with van der Waals surface area (Å²) in [6.45, 7) is 4.04. The summed E-state index contributed by atoms with van der Waals surface area (Å²) in [6, 6.07) is -0.317. The Balaban J connectivity index is 2.37. The van der Waals surface area contributed by atoms with Gasteiger partial charge in [0.2, 0.25) is 0 Å². The highest BCUT2D eigenvalue weighted by molar-refractivity contribution is 6.04. The van der Waals surface area contributed by atoms with Gasteiger partial charge in [0.15, 0.2) is 12.0 Å². The Hall–Kier alpha value is -1.85. The minimum atomic E-state index is -0.560. The molecule has 1 aromatic heterocycles. The monoisotopic (exact) mass is 207 g/mol. The number of carbonyl (C=O) groups is 1. The third kappa shape index (κ3) is 1.58. The van der Waals surface area contributed by atoms with Crippen molar-refractivity contribution in [2.75, 3.05) is 0 Å². The first-order valence-corrected chi connectivity index (χ1v) is 4.75. The Kier molecular flexibility index (Phi) is 2.18. The number of nitrogens with two attached hydrogens (primary N) is 1. The molecule has 3 N–H and O–H groups in total. The molecule has 6 nitrogen and oxygen atoms in total. The van der Waals surface area contributed by atoms with Crippen LogP contribution in [0.25, 0.3) is 0 Å². The number of nitrogens with one attached hydrogen (secondary N) is 1. The molecule has 0 bridgehead atoms. The second-order valence-corrected chi connectivity index (χ2v) is 3.73. The average Bonchev–Trinajstić information content (AvgIpc) is 2.71. The molecule has 0 saturated heterocycles. The smallest absolute Gasteiger partial charge is 0.257 e. The normalized spacial score (nSPS) is 20.6. The summed E-state index contributed by atoms with van der Waals surface area (Å²) < 4.78 is 1.91. The zero-order valence-corrected chi connectivity index (χ0v) is 8.64. The van der Waals surface area contributed by atoms with E-state index in [0.717, 1.165) is 5.69 Å². The van der Waals surface area contributed by atoms with Gasteiger partial charge < -0.3 is 10.3 Å². The summed E-state index contributed by atoms with van der Waals surface area (Å²) >= 11 is 0. The average molecular weight is 207 g/mol. The van der Waals surface area contributed by atoms with Gasteiger partial charge in [-0.2, -0.15) is 0 Å². The molecule has 15 heavy (non-hydrogen) atoms. The fraction of sp³-hybridized carbons (Fsp3) is 0.444. The maximum atomic E-state index is 11.5. The van der Waals surface area contributed by atoms with Crippen molar-refractivity contribution in [1.82, 2.24) is 14.9 Å². The second-order valence-electron chi connectivity index (χ2n) is 3.73. The standard InChI is InChI=1S/C9H13N5O/c1-5(2)14-4-11-3-6(14)7-8(15)13-9(10)12-7/h3-5,7H,1-2H3,(H3,10,12,13,15). The molecule has 2 rings (SSSR count). The number of hydrogen-bond acceptors (Lipinski definition) is 4. The molecule has 0 fully saturated rings. The predicted octanol–water partition coefficient (Wildman–Crippen LogP) is -0.0504. The lowest BCUT2D eigenvalue weighted by Crippen LogP contribution is -2.31. The lowest BCUT2D eigenvalue weighted by atomic mass is 10.2. The Bertz CT molecular complexity index is 420. The highest BCUT2D eigenvalue weighted by Gasteiger charge is 2.29. The fourth-order valence-electron chi connectivity index (χ4n) is 1.58. The SMILES string of the molecule is CC(C)n1cncc1C1N=C(N)NC1=O. The molecule has 1 amide bonds. The van der Waals surface area contributed by atoms with Crippen molar-refractivity contribution in [2.24, 2.45) is 10.7 Å². The van der Waals surface area contributed by atoms with E-state index in [1.165, 1.54) is 0 Å². The number of nitrogens with zero attached hydrogens (tertiary/aromatic N) is 3. The summed E-state index contributed by atoms with van der Waals surface area (Å²) in [5.74, 6) is -0.0311. The topological polar surface area (TPSA) is 85.3 Å². The van der Waals surface area contributed by atoms with E-state index >= 15 is 0 Å². The molecule has 1 unspecified atom stereocenters. The van der Waals surface area contributed by atoms with Gasteiger partial charge in [-0.3, -0.25) is 10.1 Å². The Morgan fingerprint density at radius 1 is 1.60 bits per heavy atom. The molecule has 0 aliphatic carbocycles. The molecular formula is C9H13N5O. The van der Waals surface area contributed by atoms with Crippen LogP contribution in [0.3, 0.4) is 0 Å². The Morgan fingerprint density at radius 2 is 2.33 bits per heavy atom. The van der Waals surface area contributed by atoms with Crippen molar-refractivity contribution in [3.8, 4) is 0 Å². The van der Waals surface area contributed by atoms with Gasteiger partial charge in [0.1, 0.15) is 0 Å². The summed E-state index contributed by atoms with van der Waals surface area (Å²) in [4.78, 5) is 19.6. The second kappa shape index (κ2) is 3.38. The number of guanidine groups is 1. The van der Waals surface area contributed by atoms with Gasteiger partial charge in [0.05, 0.1) is 18.2 Å². The molecule has 0 saturated carbocycles. The summed E-state index contributed by atoms with van der Waals surface area (Å²) in [5.41, 5.74) is 6.20. The van der Waals surface area contributed by atoms with Crippen LogP contribution in [0.4, 0.5) is 0 Å². The van der Waals surface area contributed by atoms with Crippen LogP contribution in [0.1, 0.15) is 31.6 Å². The fourth-order valence-corrected chi connectivity index (χ4v) is 1.58. The first-order valence-electron chi connectivity index (χ1n) is 4.75. The number of aliphatic imine (C=N–C) groups is 1. The van der Waals surface area contributed by atoms with E-state index in [2.05, 4.69) is 15.3 Å². The zero-order valence-electron chi connectivity index (χ0n) is 8.64. The summed E-state index contributed by atoms with van der Waals surface area (Å²) in [7, 11) is 0. The van der Waals surface area contributed by atoms with E-state index in [4.69, 9.17) is 5.73 Å². The van der Waals surface area contributed by atoms with E-state index in [-0.39, 0.29) is 17.9 Å². The van der Waals surface area contributed by atoms with Gasteiger partial charge in [0, 0.05) is 6.04 Å². The van der Waals surface area contributed by atoms with E-state index in [1.807, 2.05) is 18.4 Å². The molecule has 0 spiro atoms. The number of rotatable bonds is 2. The predicted molar refractivity (Wildman–Crippen MR) is 55.1 cm³/mol. The first-order chi connectivity index (χ1) is 7.09. The van der Waals surface area contributed by atoms with Crippen molar-refractivity contribution < 1.29 is 4.79 Å². The van der Waals surface area contributed by atoms with Crippen LogP contribution in [-0.4, -0.2) is 21.4 Å². The van der Waals surface area contributed by atoms with Crippen LogP contribution in [0, 0.1) is 0 Å². The van der Waals surface area contributed by atoms with E-state index < -0.39 is 6.04 Å². The van der Waals surface area contributed by atoms with Gasteiger partial charge in [0.25, 0.3) is 5.91 Å². The van der Waals surface area contributed by atoms with E-state index in [1.54, 1.807) is 12.5 Å². The van der Waals surface area contributed by atoms with Crippen molar-refractivity contribution in [1.29, 1.82) is 0 Å². The van der Waals surface area contributed by atoms with Crippen LogP contribution in [0.15, 0.2) is 17.5 Å². The number of aromatic nitrogens is 2. The highest BCUT2D eigenvalue weighted by Crippen LogP contribution is 2.22. The number of hydrogen-bond donors (Lipinski definition) is 2. The zero-order chi connectivity index (χ0) is 11.0. The minimum absolute atomic E-state index is 0.168. The molecule has 1 aliphatic rings. The molecule has 0 aromatic carbocycles. The van der Waals surface area contributed by atoms with Crippen molar-refractivity contribution >= 4 is 11.9 Å². The van der Waals surface area contributed by atoms with Gasteiger partial charge in [-0.05, 0) is 13.8 Å². The van der Waals surface area contributed by atoms with Crippen LogP contribution < -0.4 is 11.1 Å². The maximum absolute atomic E-state index is 11.5. The lowest BCUT2D eigenvalue weighted by molar-refractivity contribution is -0.120. The number of imidazole rings is 1. The van der Waals surface area contributed by atoms with Crippen molar-refractivity contribution in [3.05, 3.63) is 18.2 Å². The number of amides is 1. The van der Waals surface area contributed by atoms with Crippen molar-refractivity contribution in [3.63, 3.8) is 0 Å². The van der Waals surface area contributed by atoms with Gasteiger partial charge >= 0.3 is 0 Å². The van der Waals surface area contributed by atoms with Crippen LogP contribution in [0.5, 0.6) is 0 Å². The summed E-state index contributed by atoms with van der Waals surface area (Å²) in [5, 5.41) is 2.47. The van der Waals surface area contributed by atoms with Crippen LogP contribution in [0.2, 0.25) is 0 Å². The third-order valence-corrected chi connectivity index (χ3v) is 2.30. The molecule has 80 valence electrons. The maximum Gasteiger partial charge on any atom is 0.257 e. The molecule has 1 atom stereocenters. The summed E-state index contributed by atoms with van der Waals surface area (Å²) in [6.07, 6.45) is 3.34. The van der Waals surface area contributed by atoms with Gasteiger partial charge in [-0.25, -0.2) is 9.98 Å². The molecule has 1 aromatic rings. The third-order valence-electron chi connectivity index (χ3n) is 2.30.